The molecule has 0 spiro atoms. The van der Waals surface area contributed by atoms with Crippen LogP contribution in [0.4, 0.5) is 5.69 Å². The number of rotatable bonds is 3. The van der Waals surface area contributed by atoms with E-state index >= 15 is 0 Å². The number of nitrogens with zero attached hydrogens (tertiary/aromatic N) is 3. The molecule has 6 nitrogen and oxygen atoms in total. The van der Waals surface area contributed by atoms with Gasteiger partial charge in [0.15, 0.2) is 0 Å². The number of carbonyl (C=O) groups is 1. The van der Waals surface area contributed by atoms with Crippen LogP contribution in [0.25, 0.3) is 16.9 Å². The zero-order chi connectivity index (χ0) is 19.8. The first-order valence-corrected chi connectivity index (χ1v) is 8.97. The minimum atomic E-state index is -0.299. The van der Waals surface area contributed by atoms with Gasteiger partial charge < -0.3 is 9.88 Å². The summed E-state index contributed by atoms with van der Waals surface area (Å²) in [6, 6.07) is 15.1. The zero-order valence-electron chi connectivity index (χ0n) is 15.9. The molecule has 0 bridgehead atoms. The number of para-hydroxylation sites is 1. The standard InChI is InChI=1S/C22H20N4O2/c1-14-9-10-15(2)19(11-14)23-21(27)17-12-25(3)13-18-20(17)24-26(22(18)28)16-7-5-4-6-8-16/h4-13H,1-3H3,(H,23,27). The summed E-state index contributed by atoms with van der Waals surface area (Å²) in [5.74, 6) is -0.299. The predicted molar refractivity (Wildman–Crippen MR) is 109 cm³/mol. The van der Waals surface area contributed by atoms with E-state index in [-0.39, 0.29) is 11.5 Å². The second kappa shape index (κ2) is 6.81. The molecule has 6 heteroatoms. The van der Waals surface area contributed by atoms with E-state index in [0.29, 0.717) is 22.5 Å². The molecule has 0 aliphatic carbocycles. The molecule has 28 heavy (non-hydrogen) atoms. The van der Waals surface area contributed by atoms with Crippen molar-refractivity contribution in [3.05, 3.63) is 88.0 Å². The van der Waals surface area contributed by atoms with Crippen LogP contribution < -0.4 is 10.9 Å². The molecule has 0 atom stereocenters. The van der Waals surface area contributed by atoms with Crippen molar-refractivity contribution < 1.29 is 4.79 Å². The van der Waals surface area contributed by atoms with Crippen LogP contribution in [0.5, 0.6) is 0 Å². The van der Waals surface area contributed by atoms with Crippen molar-refractivity contribution in [1.82, 2.24) is 14.3 Å². The number of nitrogens with one attached hydrogen (secondary N) is 1. The molecule has 2 aliphatic rings. The second-order valence-corrected chi connectivity index (χ2v) is 6.92. The van der Waals surface area contributed by atoms with E-state index in [2.05, 4.69) is 10.4 Å². The maximum Gasteiger partial charge on any atom is 0.282 e. The van der Waals surface area contributed by atoms with Gasteiger partial charge in [-0.05, 0) is 43.2 Å². The van der Waals surface area contributed by atoms with Gasteiger partial charge in [-0.1, -0.05) is 30.3 Å². The fourth-order valence-electron chi connectivity index (χ4n) is 3.21. The van der Waals surface area contributed by atoms with Crippen LogP contribution in [0.2, 0.25) is 0 Å². The maximum absolute atomic E-state index is 13.0. The van der Waals surface area contributed by atoms with Gasteiger partial charge in [-0.15, -0.1) is 0 Å². The normalized spacial score (nSPS) is 11.0. The number of aromatic nitrogens is 3. The molecule has 0 radical (unpaired) electrons. The Kier molecular flexibility index (Phi) is 4.31. The molecule has 1 amide bonds. The van der Waals surface area contributed by atoms with E-state index in [4.69, 9.17) is 0 Å². The molecule has 2 aliphatic heterocycles. The number of anilines is 1. The number of hydrogen-bond acceptors (Lipinski definition) is 3. The van der Waals surface area contributed by atoms with Gasteiger partial charge in [-0.3, -0.25) is 9.59 Å². The molecule has 1 N–H and O–H groups in total. The molecule has 2 heterocycles. The summed E-state index contributed by atoms with van der Waals surface area (Å²) in [4.78, 5) is 25.9. The number of benzene rings is 2. The third kappa shape index (κ3) is 3.09. The first kappa shape index (κ1) is 17.7. The Hall–Kier alpha value is -3.67. The SMILES string of the molecule is Cc1ccc(C)c(NC(=O)c2cn(C)cc3c(=O)n(-c4ccccc4)nc2-3)c1. The summed E-state index contributed by atoms with van der Waals surface area (Å²) >= 11 is 0. The van der Waals surface area contributed by atoms with Gasteiger partial charge >= 0.3 is 0 Å². The minimum absolute atomic E-state index is 0.252. The lowest BCUT2D eigenvalue weighted by atomic mass is 10.1. The molecule has 0 aromatic heterocycles. The van der Waals surface area contributed by atoms with Crippen LogP contribution >= 0.6 is 0 Å². The highest BCUT2D eigenvalue weighted by Crippen LogP contribution is 2.24. The largest absolute Gasteiger partial charge is 0.356 e. The number of amides is 1. The lowest BCUT2D eigenvalue weighted by Crippen LogP contribution is -2.17. The molecule has 2 aromatic rings. The molecule has 0 saturated heterocycles. The minimum Gasteiger partial charge on any atom is -0.356 e. The third-order valence-electron chi connectivity index (χ3n) is 4.69. The van der Waals surface area contributed by atoms with Gasteiger partial charge in [0.1, 0.15) is 5.69 Å². The van der Waals surface area contributed by atoms with E-state index in [0.717, 1.165) is 16.8 Å². The fraction of sp³-hybridized carbons (Fsp3) is 0.136. The van der Waals surface area contributed by atoms with Crippen molar-refractivity contribution in [2.24, 2.45) is 7.05 Å². The van der Waals surface area contributed by atoms with Crippen molar-refractivity contribution in [3.8, 4) is 16.9 Å². The highest BCUT2D eigenvalue weighted by atomic mass is 16.2. The van der Waals surface area contributed by atoms with Crippen LogP contribution in [0.1, 0.15) is 21.5 Å². The number of pyridine rings is 1. The van der Waals surface area contributed by atoms with Crippen LogP contribution in [0, 0.1) is 13.8 Å². The van der Waals surface area contributed by atoms with E-state index in [1.807, 2.05) is 62.4 Å². The molecule has 140 valence electrons. The quantitative estimate of drug-likeness (QED) is 0.598. The summed E-state index contributed by atoms with van der Waals surface area (Å²) in [6.07, 6.45) is 3.38. The van der Waals surface area contributed by atoms with Gasteiger partial charge in [0.05, 0.1) is 16.8 Å². The summed E-state index contributed by atoms with van der Waals surface area (Å²) in [7, 11) is 1.79. The number of hydrogen-bond donors (Lipinski definition) is 1. The van der Waals surface area contributed by atoms with Crippen molar-refractivity contribution in [2.45, 2.75) is 13.8 Å². The van der Waals surface area contributed by atoms with Crippen molar-refractivity contribution >= 4 is 11.6 Å². The van der Waals surface area contributed by atoms with Gasteiger partial charge in [0.2, 0.25) is 0 Å². The van der Waals surface area contributed by atoms with Crippen molar-refractivity contribution in [3.63, 3.8) is 0 Å². The Balaban J connectivity index is 1.82. The average molecular weight is 372 g/mol. The van der Waals surface area contributed by atoms with Crippen LogP contribution in [-0.2, 0) is 7.05 Å². The van der Waals surface area contributed by atoms with Crippen molar-refractivity contribution in [2.75, 3.05) is 5.32 Å². The molecule has 0 unspecified atom stereocenters. The lowest BCUT2D eigenvalue weighted by molar-refractivity contribution is 0.102. The summed E-state index contributed by atoms with van der Waals surface area (Å²) in [5.41, 5.74) is 4.32. The van der Waals surface area contributed by atoms with Crippen LogP contribution in [0.15, 0.2) is 65.7 Å². The van der Waals surface area contributed by atoms with Gasteiger partial charge in [-0.2, -0.15) is 9.78 Å². The second-order valence-electron chi connectivity index (χ2n) is 6.92. The van der Waals surface area contributed by atoms with Gasteiger partial charge in [0, 0.05) is 25.1 Å². The topological polar surface area (TPSA) is 68.9 Å². The van der Waals surface area contributed by atoms with E-state index < -0.39 is 0 Å². The fourth-order valence-corrected chi connectivity index (χ4v) is 3.21. The molecule has 0 fully saturated rings. The monoisotopic (exact) mass is 372 g/mol. The molecule has 2 aromatic carbocycles. The first-order valence-electron chi connectivity index (χ1n) is 8.97. The Bertz CT molecular complexity index is 1210. The Morgan fingerprint density at radius 1 is 1.04 bits per heavy atom. The Morgan fingerprint density at radius 3 is 2.54 bits per heavy atom. The maximum atomic E-state index is 13.0. The van der Waals surface area contributed by atoms with Gasteiger partial charge in [-0.25, -0.2) is 0 Å². The van der Waals surface area contributed by atoms with Gasteiger partial charge in [0.25, 0.3) is 11.5 Å². The molecular formula is C22H20N4O2. The average Bonchev–Trinajstić information content (AvgIpc) is 3.01. The molecule has 0 saturated carbocycles. The summed E-state index contributed by atoms with van der Waals surface area (Å²) < 4.78 is 3.04. The first-order chi connectivity index (χ1) is 13.4. The molecular weight excluding hydrogens is 352 g/mol. The van der Waals surface area contributed by atoms with E-state index in [9.17, 15) is 9.59 Å². The lowest BCUT2D eigenvalue weighted by Gasteiger charge is -2.12. The summed E-state index contributed by atoms with van der Waals surface area (Å²) in [5, 5.41) is 7.41. The predicted octanol–water partition coefficient (Wildman–Crippen LogP) is 3.54. The summed E-state index contributed by atoms with van der Waals surface area (Å²) in [6.45, 7) is 3.91. The smallest absolute Gasteiger partial charge is 0.282 e. The highest BCUT2D eigenvalue weighted by molar-refractivity contribution is 6.08. The van der Waals surface area contributed by atoms with E-state index in [1.165, 1.54) is 4.68 Å². The van der Waals surface area contributed by atoms with E-state index in [1.54, 1.807) is 24.0 Å². The third-order valence-corrected chi connectivity index (χ3v) is 4.69. The number of carbonyl (C=O) groups excluding carboxylic acids is 1. The van der Waals surface area contributed by atoms with Crippen molar-refractivity contribution in [1.29, 1.82) is 0 Å². The Labute approximate surface area is 162 Å². The number of fused-ring (bicyclic) bond motifs is 1. The van der Waals surface area contributed by atoms with Crippen LogP contribution in [0.3, 0.4) is 0 Å². The molecule has 4 rings (SSSR count). The van der Waals surface area contributed by atoms with Crippen LogP contribution in [-0.4, -0.2) is 20.3 Å². The Morgan fingerprint density at radius 2 is 1.79 bits per heavy atom. The zero-order valence-corrected chi connectivity index (χ0v) is 15.9. The highest BCUT2D eigenvalue weighted by Gasteiger charge is 2.24. The number of aryl methyl sites for hydroxylation is 3.